The van der Waals surface area contributed by atoms with Crippen LogP contribution in [0.3, 0.4) is 0 Å². The highest BCUT2D eigenvalue weighted by Crippen LogP contribution is 2.35. The molecular weight excluding hydrogens is 454 g/mol. The molecule has 1 unspecified atom stereocenters. The van der Waals surface area contributed by atoms with Crippen molar-refractivity contribution in [1.29, 1.82) is 0 Å². The van der Waals surface area contributed by atoms with Gasteiger partial charge < -0.3 is 9.80 Å². The molecule has 3 heterocycles. The van der Waals surface area contributed by atoms with Gasteiger partial charge in [-0.1, -0.05) is 55.3 Å². The van der Waals surface area contributed by atoms with E-state index in [1.807, 2.05) is 41.3 Å². The molecule has 0 bridgehead atoms. The van der Waals surface area contributed by atoms with Crippen LogP contribution >= 0.6 is 11.3 Å². The number of hydrogen-bond acceptors (Lipinski definition) is 4. The molecule has 5 rings (SSSR count). The van der Waals surface area contributed by atoms with Crippen molar-refractivity contribution in [2.75, 3.05) is 26.2 Å². The van der Waals surface area contributed by atoms with Crippen LogP contribution in [-0.4, -0.2) is 52.8 Å². The molecular formula is C29H35N3O2S. The van der Waals surface area contributed by atoms with Gasteiger partial charge in [0, 0.05) is 38.5 Å². The summed E-state index contributed by atoms with van der Waals surface area (Å²) in [5, 5.41) is 0.983. The zero-order chi connectivity index (χ0) is 24.3. The SMILES string of the molecule is CC(Cc1nc2ccccc2s1)(C(=O)N1CCC(C(=O)N2CCCCCC2)CC1)c1ccccc1. The fourth-order valence-electron chi connectivity index (χ4n) is 5.63. The van der Waals surface area contributed by atoms with Crippen LogP contribution in [0, 0.1) is 5.92 Å². The molecule has 3 aromatic rings. The molecule has 2 aromatic carbocycles. The molecule has 184 valence electrons. The maximum atomic E-state index is 14.1. The van der Waals surface area contributed by atoms with Crippen molar-refractivity contribution in [3.05, 3.63) is 65.2 Å². The third-order valence-corrected chi connectivity index (χ3v) is 8.81. The second-order valence-corrected chi connectivity index (χ2v) is 11.4. The Kier molecular flexibility index (Phi) is 7.19. The van der Waals surface area contributed by atoms with Crippen molar-refractivity contribution < 1.29 is 9.59 Å². The van der Waals surface area contributed by atoms with E-state index in [1.165, 1.54) is 12.8 Å². The van der Waals surface area contributed by atoms with E-state index in [1.54, 1.807) is 11.3 Å². The van der Waals surface area contributed by atoms with Crippen LogP contribution in [0.2, 0.25) is 0 Å². The maximum Gasteiger partial charge on any atom is 0.233 e. The molecule has 2 saturated heterocycles. The summed E-state index contributed by atoms with van der Waals surface area (Å²) in [5.74, 6) is 0.493. The largest absolute Gasteiger partial charge is 0.342 e. The van der Waals surface area contributed by atoms with E-state index in [4.69, 9.17) is 4.98 Å². The average Bonchev–Trinajstić information content (AvgIpc) is 3.10. The maximum absolute atomic E-state index is 14.1. The third-order valence-electron chi connectivity index (χ3n) is 7.78. The lowest BCUT2D eigenvalue weighted by molar-refractivity contribution is -0.143. The highest BCUT2D eigenvalue weighted by molar-refractivity contribution is 7.18. The number of carbonyl (C=O) groups excluding carboxylic acids is 2. The molecule has 1 atom stereocenters. The highest BCUT2D eigenvalue weighted by atomic mass is 32.1. The predicted octanol–water partition coefficient (Wildman–Crippen LogP) is 5.44. The number of carbonyl (C=O) groups is 2. The van der Waals surface area contributed by atoms with Gasteiger partial charge in [-0.3, -0.25) is 9.59 Å². The Labute approximate surface area is 212 Å². The Bertz CT molecular complexity index is 1130. The topological polar surface area (TPSA) is 53.5 Å². The predicted molar refractivity (Wildman–Crippen MR) is 141 cm³/mol. The van der Waals surface area contributed by atoms with E-state index in [2.05, 4.69) is 30.0 Å². The summed E-state index contributed by atoms with van der Waals surface area (Å²) in [6, 6.07) is 18.3. The number of likely N-dealkylation sites (tertiary alicyclic amines) is 2. The van der Waals surface area contributed by atoms with Gasteiger partial charge in [0.05, 0.1) is 20.6 Å². The van der Waals surface area contributed by atoms with Crippen LogP contribution in [0.25, 0.3) is 10.2 Å². The summed E-state index contributed by atoms with van der Waals surface area (Å²) < 4.78 is 1.15. The standard InChI is InChI=1S/C29H35N3O2S/c1-29(23-11-5-4-6-12-23,21-26-30-24-13-7-8-14-25(24)35-26)28(34)32-19-15-22(16-20-32)27(33)31-17-9-2-3-10-18-31/h4-8,11-14,22H,2-3,9-10,15-21H2,1H3. The lowest BCUT2D eigenvalue weighted by Gasteiger charge is -2.39. The third kappa shape index (κ3) is 5.13. The number of nitrogens with zero attached hydrogens (tertiary/aromatic N) is 3. The smallest absolute Gasteiger partial charge is 0.233 e. The number of thiazole rings is 1. The van der Waals surface area contributed by atoms with Crippen LogP contribution in [-0.2, 0) is 21.4 Å². The van der Waals surface area contributed by atoms with Gasteiger partial charge in [0.25, 0.3) is 0 Å². The molecule has 0 spiro atoms. The second-order valence-electron chi connectivity index (χ2n) is 10.3. The van der Waals surface area contributed by atoms with Gasteiger partial charge in [-0.25, -0.2) is 4.98 Å². The van der Waals surface area contributed by atoms with E-state index in [0.29, 0.717) is 25.4 Å². The van der Waals surface area contributed by atoms with Gasteiger partial charge in [0.15, 0.2) is 0 Å². The first kappa shape index (κ1) is 24.0. The van der Waals surface area contributed by atoms with Crippen LogP contribution in [0.15, 0.2) is 54.6 Å². The molecule has 0 radical (unpaired) electrons. The first-order valence-electron chi connectivity index (χ1n) is 13.0. The fourth-order valence-corrected chi connectivity index (χ4v) is 6.76. The van der Waals surface area contributed by atoms with Gasteiger partial charge in [-0.2, -0.15) is 0 Å². The number of amides is 2. The number of para-hydroxylation sites is 1. The Hall–Kier alpha value is -2.73. The molecule has 1 aromatic heterocycles. The van der Waals surface area contributed by atoms with Gasteiger partial charge in [0.1, 0.15) is 0 Å². The van der Waals surface area contributed by atoms with E-state index in [0.717, 1.165) is 59.6 Å². The highest BCUT2D eigenvalue weighted by Gasteiger charge is 2.41. The summed E-state index contributed by atoms with van der Waals surface area (Å²) in [6.07, 6.45) is 6.77. The summed E-state index contributed by atoms with van der Waals surface area (Å²) in [7, 11) is 0. The number of benzene rings is 2. The Morgan fingerprint density at radius 3 is 2.23 bits per heavy atom. The van der Waals surface area contributed by atoms with Crippen molar-refractivity contribution in [1.82, 2.24) is 14.8 Å². The Morgan fingerprint density at radius 2 is 1.54 bits per heavy atom. The zero-order valence-corrected chi connectivity index (χ0v) is 21.4. The number of piperidine rings is 1. The molecule has 35 heavy (non-hydrogen) atoms. The van der Waals surface area contributed by atoms with E-state index < -0.39 is 5.41 Å². The van der Waals surface area contributed by atoms with Crippen LogP contribution in [0.5, 0.6) is 0 Å². The molecule has 6 heteroatoms. The monoisotopic (exact) mass is 489 g/mol. The lowest BCUT2D eigenvalue weighted by Crippen LogP contribution is -2.51. The average molecular weight is 490 g/mol. The molecule has 2 amide bonds. The Morgan fingerprint density at radius 1 is 0.886 bits per heavy atom. The van der Waals surface area contributed by atoms with E-state index in [-0.39, 0.29) is 11.8 Å². The van der Waals surface area contributed by atoms with Crippen molar-refractivity contribution in [3.8, 4) is 0 Å². The number of hydrogen-bond donors (Lipinski definition) is 0. The van der Waals surface area contributed by atoms with Crippen molar-refractivity contribution in [2.24, 2.45) is 5.92 Å². The molecule has 2 aliphatic heterocycles. The molecule has 0 aliphatic carbocycles. The van der Waals surface area contributed by atoms with E-state index >= 15 is 0 Å². The van der Waals surface area contributed by atoms with Gasteiger partial charge >= 0.3 is 0 Å². The van der Waals surface area contributed by atoms with Gasteiger partial charge in [-0.15, -0.1) is 11.3 Å². The van der Waals surface area contributed by atoms with Crippen molar-refractivity contribution in [3.63, 3.8) is 0 Å². The fraction of sp³-hybridized carbons (Fsp3) is 0.483. The first-order valence-corrected chi connectivity index (χ1v) is 13.8. The minimum absolute atomic E-state index is 0.0457. The Balaban J connectivity index is 1.32. The minimum Gasteiger partial charge on any atom is -0.342 e. The number of rotatable bonds is 5. The summed E-state index contributed by atoms with van der Waals surface area (Å²) in [4.78, 5) is 36.1. The minimum atomic E-state index is -0.698. The normalized spacial score (nSPS) is 19.3. The second kappa shape index (κ2) is 10.5. The quantitative estimate of drug-likeness (QED) is 0.480. The number of fused-ring (bicyclic) bond motifs is 1. The van der Waals surface area contributed by atoms with Crippen molar-refractivity contribution >= 4 is 33.4 Å². The lowest BCUT2D eigenvalue weighted by atomic mass is 9.77. The van der Waals surface area contributed by atoms with Crippen molar-refractivity contribution in [2.45, 2.75) is 57.3 Å². The van der Waals surface area contributed by atoms with Crippen LogP contribution in [0.4, 0.5) is 0 Å². The summed E-state index contributed by atoms with van der Waals surface area (Å²) >= 11 is 1.67. The van der Waals surface area contributed by atoms with E-state index in [9.17, 15) is 9.59 Å². The summed E-state index contributed by atoms with van der Waals surface area (Å²) in [5.41, 5.74) is 1.31. The van der Waals surface area contributed by atoms with Crippen LogP contribution < -0.4 is 0 Å². The summed E-state index contributed by atoms with van der Waals surface area (Å²) in [6.45, 7) is 5.14. The first-order chi connectivity index (χ1) is 17.0. The van der Waals surface area contributed by atoms with Gasteiger partial charge in [0.2, 0.25) is 11.8 Å². The molecule has 0 saturated carbocycles. The molecule has 2 aliphatic rings. The zero-order valence-electron chi connectivity index (χ0n) is 20.6. The molecule has 0 N–H and O–H groups in total. The molecule has 2 fully saturated rings. The molecule has 5 nitrogen and oxygen atoms in total. The van der Waals surface area contributed by atoms with Gasteiger partial charge in [-0.05, 0) is 50.3 Å². The number of aromatic nitrogens is 1. The van der Waals surface area contributed by atoms with Crippen LogP contribution in [0.1, 0.15) is 56.0 Å².